The fourth-order valence-electron chi connectivity index (χ4n) is 5.71. The number of ether oxygens (including phenoxy) is 2. The highest BCUT2D eigenvalue weighted by atomic mass is 16.5. The van der Waals surface area contributed by atoms with E-state index in [1.54, 1.807) is 0 Å². The first-order valence-electron chi connectivity index (χ1n) is 20.8. The topological polar surface area (TPSA) is 52.6 Å². The molecule has 4 nitrogen and oxygen atoms in total. The Morgan fingerprint density at radius 2 is 0.652 bits per heavy atom. The predicted molar refractivity (Wildman–Crippen MR) is 202 cm³/mol. The van der Waals surface area contributed by atoms with Gasteiger partial charge in [0.25, 0.3) is 0 Å². The Bertz CT molecular complexity index is 588. The van der Waals surface area contributed by atoms with Crippen LogP contribution < -0.4 is 0 Å². The normalized spacial score (nSPS) is 11.0. The molecule has 4 heteroatoms. The van der Waals surface area contributed by atoms with Gasteiger partial charge >= 0.3 is 11.9 Å². The Labute approximate surface area is 289 Å². The van der Waals surface area contributed by atoms with E-state index in [4.69, 9.17) is 9.47 Å². The van der Waals surface area contributed by atoms with Crippen LogP contribution in [0.5, 0.6) is 0 Å². The summed E-state index contributed by atoms with van der Waals surface area (Å²) in [7, 11) is 0. The largest absolute Gasteiger partial charge is 0.466 e. The van der Waals surface area contributed by atoms with Gasteiger partial charge in [-0.3, -0.25) is 9.59 Å². The first-order chi connectivity index (χ1) is 22.5. The average Bonchev–Trinajstić information content (AvgIpc) is 3.04. The van der Waals surface area contributed by atoms with Crippen molar-refractivity contribution in [3.63, 3.8) is 0 Å². The third-order valence-corrected chi connectivity index (χ3v) is 8.92. The molecule has 0 aromatic rings. The molecule has 0 aliphatic heterocycles. The van der Waals surface area contributed by atoms with Gasteiger partial charge in [0.05, 0.1) is 13.2 Å². The molecule has 0 saturated heterocycles. The molecule has 0 bridgehead atoms. The highest BCUT2D eigenvalue weighted by Crippen LogP contribution is 2.14. The molecule has 276 valence electrons. The van der Waals surface area contributed by atoms with Crippen molar-refractivity contribution in [2.24, 2.45) is 5.92 Å². The maximum Gasteiger partial charge on any atom is 0.305 e. The minimum Gasteiger partial charge on any atom is -0.466 e. The summed E-state index contributed by atoms with van der Waals surface area (Å²) in [6, 6.07) is 0. The SMILES string of the molecule is CCCCCCCCCCCCCC(=O)OCCCCCC(C)C.CCCCCCCCCCCCCCCC(=O)OCCCC. The average molecular weight is 653 g/mol. The highest BCUT2D eigenvalue weighted by Gasteiger charge is 2.04. The second kappa shape index (κ2) is 42.0. The molecule has 0 unspecified atom stereocenters. The van der Waals surface area contributed by atoms with E-state index in [1.165, 1.54) is 161 Å². The lowest BCUT2D eigenvalue weighted by molar-refractivity contribution is -0.144. The van der Waals surface area contributed by atoms with Gasteiger partial charge in [0, 0.05) is 12.8 Å². The van der Waals surface area contributed by atoms with Crippen LogP contribution in [0, 0.1) is 5.92 Å². The number of hydrogen-bond acceptors (Lipinski definition) is 4. The van der Waals surface area contributed by atoms with E-state index in [0.717, 1.165) is 38.0 Å². The van der Waals surface area contributed by atoms with E-state index in [2.05, 4.69) is 34.6 Å². The monoisotopic (exact) mass is 653 g/mol. The zero-order chi connectivity index (χ0) is 34.2. The quantitative estimate of drug-likeness (QED) is 0.0505. The van der Waals surface area contributed by atoms with E-state index in [-0.39, 0.29) is 11.9 Å². The van der Waals surface area contributed by atoms with Gasteiger partial charge in [0.15, 0.2) is 0 Å². The second-order valence-electron chi connectivity index (χ2n) is 14.3. The van der Waals surface area contributed by atoms with Crippen molar-refractivity contribution < 1.29 is 19.1 Å². The summed E-state index contributed by atoms with van der Waals surface area (Å²) >= 11 is 0. The van der Waals surface area contributed by atoms with Crippen molar-refractivity contribution in [3.8, 4) is 0 Å². The highest BCUT2D eigenvalue weighted by molar-refractivity contribution is 5.69. The lowest BCUT2D eigenvalue weighted by Crippen LogP contribution is -2.05. The zero-order valence-corrected chi connectivity index (χ0v) is 32.3. The van der Waals surface area contributed by atoms with Crippen LogP contribution in [0.3, 0.4) is 0 Å². The molecule has 0 N–H and O–H groups in total. The van der Waals surface area contributed by atoms with Crippen LogP contribution in [0.1, 0.15) is 240 Å². The van der Waals surface area contributed by atoms with E-state index in [9.17, 15) is 9.59 Å². The van der Waals surface area contributed by atoms with Crippen LogP contribution in [-0.2, 0) is 19.1 Å². The van der Waals surface area contributed by atoms with Crippen LogP contribution in [0.2, 0.25) is 0 Å². The molecule has 0 aliphatic carbocycles. The van der Waals surface area contributed by atoms with E-state index >= 15 is 0 Å². The third-order valence-electron chi connectivity index (χ3n) is 8.92. The summed E-state index contributed by atoms with van der Waals surface area (Å²) in [5.74, 6) is 0.792. The molecule has 0 aliphatic rings. The minimum atomic E-state index is -0.00322. The molecule has 0 spiro atoms. The van der Waals surface area contributed by atoms with E-state index < -0.39 is 0 Å². The van der Waals surface area contributed by atoms with Crippen molar-refractivity contribution in [2.45, 2.75) is 240 Å². The van der Waals surface area contributed by atoms with Crippen LogP contribution in [0.25, 0.3) is 0 Å². The zero-order valence-electron chi connectivity index (χ0n) is 32.3. The van der Waals surface area contributed by atoms with Gasteiger partial charge in [-0.25, -0.2) is 0 Å². The van der Waals surface area contributed by atoms with Crippen molar-refractivity contribution >= 4 is 11.9 Å². The maximum absolute atomic E-state index is 11.6. The molecular formula is C42H84O4. The van der Waals surface area contributed by atoms with Crippen LogP contribution in [0.15, 0.2) is 0 Å². The maximum atomic E-state index is 11.6. The third kappa shape index (κ3) is 45.1. The first kappa shape index (κ1) is 47.1. The lowest BCUT2D eigenvalue weighted by atomic mass is 10.0. The Kier molecular flexibility index (Phi) is 42.9. The van der Waals surface area contributed by atoms with Crippen LogP contribution in [0.4, 0.5) is 0 Å². The van der Waals surface area contributed by atoms with Gasteiger partial charge in [0.2, 0.25) is 0 Å². The molecule has 0 radical (unpaired) electrons. The number of carbonyl (C=O) groups is 2. The molecule has 0 fully saturated rings. The van der Waals surface area contributed by atoms with Crippen molar-refractivity contribution in [3.05, 3.63) is 0 Å². The number of rotatable bonds is 35. The Morgan fingerprint density at radius 3 is 0.978 bits per heavy atom. The predicted octanol–water partition coefficient (Wildman–Crippen LogP) is 14.3. The molecule has 0 amide bonds. The van der Waals surface area contributed by atoms with Gasteiger partial charge < -0.3 is 9.47 Å². The molecule has 0 heterocycles. The van der Waals surface area contributed by atoms with Gasteiger partial charge in [-0.05, 0) is 31.6 Å². The van der Waals surface area contributed by atoms with E-state index in [1.807, 2.05) is 0 Å². The summed E-state index contributed by atoms with van der Waals surface area (Å²) < 4.78 is 10.5. The lowest BCUT2D eigenvalue weighted by Gasteiger charge is -2.06. The molecule has 0 saturated carbocycles. The summed E-state index contributed by atoms with van der Waals surface area (Å²) in [6.45, 7) is 12.4. The summed E-state index contributed by atoms with van der Waals surface area (Å²) in [4.78, 5) is 23.0. The van der Waals surface area contributed by atoms with Gasteiger partial charge in [0.1, 0.15) is 0 Å². The van der Waals surface area contributed by atoms with Crippen molar-refractivity contribution in [1.29, 1.82) is 0 Å². The molecular weight excluding hydrogens is 568 g/mol. The van der Waals surface area contributed by atoms with E-state index in [0.29, 0.717) is 26.1 Å². The Balaban J connectivity index is 0. The Morgan fingerprint density at radius 1 is 0.370 bits per heavy atom. The molecule has 0 aromatic heterocycles. The van der Waals surface area contributed by atoms with Crippen LogP contribution in [-0.4, -0.2) is 25.2 Å². The van der Waals surface area contributed by atoms with Gasteiger partial charge in [-0.2, -0.15) is 0 Å². The molecule has 0 atom stereocenters. The number of esters is 2. The van der Waals surface area contributed by atoms with Crippen LogP contribution >= 0.6 is 0 Å². The van der Waals surface area contributed by atoms with Gasteiger partial charge in [-0.1, -0.05) is 202 Å². The molecule has 46 heavy (non-hydrogen) atoms. The fourth-order valence-corrected chi connectivity index (χ4v) is 5.71. The van der Waals surface area contributed by atoms with Crippen molar-refractivity contribution in [1.82, 2.24) is 0 Å². The molecule has 0 aromatic carbocycles. The Hall–Kier alpha value is -1.06. The second-order valence-corrected chi connectivity index (χ2v) is 14.3. The van der Waals surface area contributed by atoms with Crippen molar-refractivity contribution in [2.75, 3.05) is 13.2 Å². The first-order valence-corrected chi connectivity index (χ1v) is 20.8. The minimum absolute atomic E-state index is 0.00322. The number of unbranched alkanes of at least 4 members (excludes halogenated alkanes) is 25. The summed E-state index contributed by atoms with van der Waals surface area (Å²) in [5, 5.41) is 0. The fraction of sp³-hybridized carbons (Fsp3) is 0.952. The summed E-state index contributed by atoms with van der Waals surface area (Å²) in [6.07, 6.45) is 40.0. The number of carbonyl (C=O) groups excluding carboxylic acids is 2. The standard InChI is InChI=1S/C22H44O2.C20H40O2/c1-4-5-6-7-8-9-10-11-12-13-16-19-22(23)24-20-17-14-15-18-21(2)3;1-3-5-7-8-9-10-11-12-13-14-15-16-17-18-20(21)22-19-6-4-2/h21H,4-20H2,1-3H3;3-19H2,1-2H3. The summed E-state index contributed by atoms with van der Waals surface area (Å²) in [5.41, 5.74) is 0. The number of hydrogen-bond donors (Lipinski definition) is 0. The molecule has 0 rings (SSSR count). The smallest absolute Gasteiger partial charge is 0.305 e. The van der Waals surface area contributed by atoms with Gasteiger partial charge in [-0.15, -0.1) is 0 Å².